The molecule has 0 saturated heterocycles. The zero-order chi connectivity index (χ0) is 10.8. The lowest BCUT2D eigenvalue weighted by atomic mass is 10.2. The van der Waals surface area contributed by atoms with E-state index >= 15 is 0 Å². The molecular formula is C11H14N4. The number of rotatable bonds is 2. The van der Waals surface area contributed by atoms with Gasteiger partial charge in [-0.3, -0.25) is 9.38 Å². The first-order valence-electron chi connectivity index (χ1n) is 5.01. The van der Waals surface area contributed by atoms with E-state index < -0.39 is 0 Å². The van der Waals surface area contributed by atoms with Crippen LogP contribution in [-0.2, 0) is 6.42 Å². The number of aromatic nitrogens is 4. The van der Waals surface area contributed by atoms with E-state index in [0.717, 1.165) is 29.1 Å². The number of aryl methyl sites for hydroxylation is 2. The summed E-state index contributed by atoms with van der Waals surface area (Å²) in [6.45, 7) is 5.99. The SMILES string of the molecule is C/C=C\Cc1c(C)nc(C)c2nncn12. The van der Waals surface area contributed by atoms with Crippen LogP contribution in [0.25, 0.3) is 5.65 Å². The minimum atomic E-state index is 0.847. The zero-order valence-electron chi connectivity index (χ0n) is 9.23. The topological polar surface area (TPSA) is 43.1 Å². The van der Waals surface area contributed by atoms with Crippen LogP contribution in [-0.4, -0.2) is 19.6 Å². The molecule has 78 valence electrons. The zero-order valence-corrected chi connectivity index (χ0v) is 9.23. The van der Waals surface area contributed by atoms with Crippen molar-refractivity contribution in [1.82, 2.24) is 19.6 Å². The largest absolute Gasteiger partial charge is 0.282 e. The average molecular weight is 202 g/mol. The summed E-state index contributed by atoms with van der Waals surface area (Å²) < 4.78 is 2.01. The maximum Gasteiger partial charge on any atom is 0.182 e. The highest BCUT2D eigenvalue weighted by molar-refractivity contribution is 5.44. The first kappa shape index (κ1) is 9.83. The first-order valence-corrected chi connectivity index (χ1v) is 5.01. The Morgan fingerprint density at radius 1 is 1.33 bits per heavy atom. The molecule has 0 spiro atoms. The summed E-state index contributed by atoms with van der Waals surface area (Å²) in [7, 11) is 0. The molecule has 0 aliphatic rings. The highest BCUT2D eigenvalue weighted by Crippen LogP contribution is 2.12. The number of fused-ring (bicyclic) bond motifs is 1. The van der Waals surface area contributed by atoms with Gasteiger partial charge in [0.25, 0.3) is 0 Å². The number of hydrogen-bond donors (Lipinski definition) is 0. The fourth-order valence-electron chi connectivity index (χ4n) is 1.70. The van der Waals surface area contributed by atoms with E-state index in [1.807, 2.05) is 31.2 Å². The maximum absolute atomic E-state index is 4.47. The van der Waals surface area contributed by atoms with Gasteiger partial charge in [-0.15, -0.1) is 10.2 Å². The monoisotopic (exact) mass is 202 g/mol. The van der Waals surface area contributed by atoms with Gasteiger partial charge >= 0.3 is 0 Å². The molecule has 2 aromatic heterocycles. The van der Waals surface area contributed by atoms with Crippen molar-refractivity contribution >= 4 is 5.65 Å². The first-order chi connectivity index (χ1) is 7.24. The lowest BCUT2D eigenvalue weighted by molar-refractivity contribution is 0.931. The standard InChI is InChI=1S/C11H14N4/c1-4-5-6-10-8(2)13-9(3)11-14-12-7-15(10)11/h4-5,7H,6H2,1-3H3/b5-4-. The van der Waals surface area contributed by atoms with Crippen LogP contribution in [0.3, 0.4) is 0 Å². The van der Waals surface area contributed by atoms with Crippen LogP contribution in [0.1, 0.15) is 24.0 Å². The highest BCUT2D eigenvalue weighted by atomic mass is 15.2. The van der Waals surface area contributed by atoms with Crippen LogP contribution in [0.4, 0.5) is 0 Å². The minimum Gasteiger partial charge on any atom is -0.282 e. The Kier molecular flexibility index (Phi) is 2.49. The molecule has 4 heteroatoms. The Balaban J connectivity index is 2.65. The van der Waals surface area contributed by atoms with Gasteiger partial charge in [-0.25, -0.2) is 0 Å². The van der Waals surface area contributed by atoms with Crippen LogP contribution in [0, 0.1) is 13.8 Å². The highest BCUT2D eigenvalue weighted by Gasteiger charge is 2.08. The summed E-state index contributed by atoms with van der Waals surface area (Å²) in [5.41, 5.74) is 3.96. The Labute approximate surface area is 88.7 Å². The molecule has 15 heavy (non-hydrogen) atoms. The van der Waals surface area contributed by atoms with Crippen LogP contribution in [0.2, 0.25) is 0 Å². The molecular weight excluding hydrogens is 188 g/mol. The van der Waals surface area contributed by atoms with Gasteiger partial charge in [0.05, 0.1) is 17.1 Å². The van der Waals surface area contributed by atoms with Gasteiger partial charge in [-0.1, -0.05) is 12.2 Å². The molecule has 0 aromatic carbocycles. The summed E-state index contributed by atoms with van der Waals surface area (Å²) in [6.07, 6.45) is 6.76. The lowest BCUT2D eigenvalue weighted by Gasteiger charge is -2.07. The van der Waals surface area contributed by atoms with E-state index in [1.54, 1.807) is 6.33 Å². The summed E-state index contributed by atoms with van der Waals surface area (Å²) in [4.78, 5) is 4.47. The third-order valence-corrected chi connectivity index (χ3v) is 2.46. The molecule has 0 saturated carbocycles. The Bertz CT molecular complexity index is 511. The van der Waals surface area contributed by atoms with Gasteiger partial charge in [0.2, 0.25) is 0 Å². The van der Waals surface area contributed by atoms with Crippen molar-refractivity contribution in [3.63, 3.8) is 0 Å². The van der Waals surface area contributed by atoms with Crippen molar-refractivity contribution in [3.05, 3.63) is 35.6 Å². The molecule has 0 unspecified atom stereocenters. The number of hydrogen-bond acceptors (Lipinski definition) is 3. The Hall–Kier alpha value is -1.71. The van der Waals surface area contributed by atoms with Gasteiger partial charge in [0.1, 0.15) is 6.33 Å². The Morgan fingerprint density at radius 3 is 2.87 bits per heavy atom. The molecule has 0 aliphatic heterocycles. The predicted octanol–water partition coefficient (Wildman–Crippen LogP) is 1.86. The van der Waals surface area contributed by atoms with Gasteiger partial charge in [0.15, 0.2) is 5.65 Å². The fourth-order valence-corrected chi connectivity index (χ4v) is 1.70. The third-order valence-electron chi connectivity index (χ3n) is 2.46. The fraction of sp³-hybridized carbons (Fsp3) is 0.364. The second-order valence-electron chi connectivity index (χ2n) is 3.53. The molecule has 2 aromatic rings. The Morgan fingerprint density at radius 2 is 2.13 bits per heavy atom. The third kappa shape index (κ3) is 1.63. The smallest absolute Gasteiger partial charge is 0.182 e. The predicted molar refractivity (Wildman–Crippen MR) is 58.8 cm³/mol. The molecule has 0 amide bonds. The molecule has 2 rings (SSSR count). The second kappa shape index (κ2) is 3.81. The summed E-state index contributed by atoms with van der Waals surface area (Å²) >= 11 is 0. The minimum absolute atomic E-state index is 0.847. The van der Waals surface area contributed by atoms with Crippen LogP contribution in [0.15, 0.2) is 18.5 Å². The van der Waals surface area contributed by atoms with E-state index in [9.17, 15) is 0 Å². The second-order valence-corrected chi connectivity index (χ2v) is 3.53. The summed E-state index contributed by atoms with van der Waals surface area (Å²) in [5, 5.41) is 7.98. The summed E-state index contributed by atoms with van der Waals surface area (Å²) in [6, 6.07) is 0. The van der Waals surface area contributed by atoms with Gasteiger partial charge in [-0.2, -0.15) is 0 Å². The van der Waals surface area contributed by atoms with Gasteiger partial charge < -0.3 is 0 Å². The van der Waals surface area contributed by atoms with E-state index in [-0.39, 0.29) is 0 Å². The molecule has 0 atom stereocenters. The van der Waals surface area contributed by atoms with E-state index in [4.69, 9.17) is 0 Å². The molecule has 4 nitrogen and oxygen atoms in total. The summed E-state index contributed by atoms with van der Waals surface area (Å²) in [5.74, 6) is 0. The normalized spacial score (nSPS) is 11.7. The molecule has 0 fully saturated rings. The van der Waals surface area contributed by atoms with E-state index in [1.165, 1.54) is 0 Å². The maximum atomic E-state index is 4.47. The molecule has 2 heterocycles. The van der Waals surface area contributed by atoms with Crippen molar-refractivity contribution < 1.29 is 0 Å². The van der Waals surface area contributed by atoms with Gasteiger partial charge in [0, 0.05) is 6.42 Å². The van der Waals surface area contributed by atoms with Crippen molar-refractivity contribution in [2.24, 2.45) is 0 Å². The average Bonchev–Trinajstić information content (AvgIpc) is 2.66. The molecule has 0 aliphatic carbocycles. The quantitative estimate of drug-likeness (QED) is 0.698. The lowest BCUT2D eigenvalue weighted by Crippen LogP contribution is -2.03. The van der Waals surface area contributed by atoms with E-state index in [2.05, 4.69) is 21.3 Å². The van der Waals surface area contributed by atoms with Crippen LogP contribution >= 0.6 is 0 Å². The van der Waals surface area contributed by atoms with E-state index in [0.29, 0.717) is 0 Å². The molecule has 0 N–H and O–H groups in total. The van der Waals surface area contributed by atoms with Crippen LogP contribution < -0.4 is 0 Å². The van der Waals surface area contributed by atoms with Crippen molar-refractivity contribution in [2.45, 2.75) is 27.2 Å². The van der Waals surface area contributed by atoms with Gasteiger partial charge in [-0.05, 0) is 20.8 Å². The van der Waals surface area contributed by atoms with Crippen LogP contribution in [0.5, 0.6) is 0 Å². The molecule has 0 bridgehead atoms. The van der Waals surface area contributed by atoms with Crippen molar-refractivity contribution in [2.75, 3.05) is 0 Å². The number of allylic oxidation sites excluding steroid dienone is 2. The number of nitrogens with zero attached hydrogens (tertiary/aromatic N) is 4. The molecule has 0 radical (unpaired) electrons. The van der Waals surface area contributed by atoms with Crippen molar-refractivity contribution in [1.29, 1.82) is 0 Å². The van der Waals surface area contributed by atoms with Crippen molar-refractivity contribution in [3.8, 4) is 0 Å².